The average Bonchev–Trinajstić information content (AvgIpc) is 2.70. The fraction of sp³-hybridized carbons (Fsp3) is 0.458. The van der Waals surface area contributed by atoms with Gasteiger partial charge in [0.1, 0.15) is 5.75 Å². The van der Waals surface area contributed by atoms with Gasteiger partial charge in [0, 0.05) is 6.04 Å². The van der Waals surface area contributed by atoms with Gasteiger partial charge in [0.05, 0.1) is 18.5 Å². The number of ether oxygens (including phenoxy) is 1. The minimum atomic E-state index is -3.57. The van der Waals surface area contributed by atoms with Crippen molar-refractivity contribution in [3.05, 3.63) is 59.7 Å². The number of carbonyl (C=O) groups excluding carboxylic acids is 1. The molecule has 0 bridgehead atoms. The second kappa shape index (κ2) is 8.91. The van der Waals surface area contributed by atoms with Crippen LogP contribution in [-0.4, -0.2) is 39.3 Å². The second-order valence-corrected chi connectivity index (χ2v) is 11.2. The van der Waals surface area contributed by atoms with Gasteiger partial charge in [-0.25, -0.2) is 8.42 Å². The van der Waals surface area contributed by atoms with E-state index in [1.807, 2.05) is 37.3 Å². The lowest BCUT2D eigenvalue weighted by Gasteiger charge is -2.35. The fourth-order valence-corrected chi connectivity index (χ4v) is 4.51. The molecule has 1 heterocycles. The van der Waals surface area contributed by atoms with E-state index in [4.69, 9.17) is 4.74 Å². The summed E-state index contributed by atoms with van der Waals surface area (Å²) in [6.07, 6.45) is 1.89. The van der Waals surface area contributed by atoms with Gasteiger partial charge in [0.2, 0.25) is 10.0 Å². The molecule has 168 valence electrons. The number of sulfonamides is 1. The molecule has 3 rings (SSSR count). The Balaban J connectivity index is 1.73. The third-order valence-electron chi connectivity index (χ3n) is 5.48. The number of benzene rings is 2. The van der Waals surface area contributed by atoms with Crippen molar-refractivity contribution in [3.8, 4) is 5.75 Å². The van der Waals surface area contributed by atoms with Gasteiger partial charge in [-0.15, -0.1) is 0 Å². The van der Waals surface area contributed by atoms with Crippen LogP contribution in [0, 0.1) is 0 Å². The first-order valence-electron chi connectivity index (χ1n) is 10.6. The molecule has 1 amide bonds. The number of amides is 1. The molecule has 0 aromatic heterocycles. The topological polar surface area (TPSA) is 75.7 Å². The predicted molar refractivity (Wildman–Crippen MR) is 124 cm³/mol. The number of fused-ring (bicyclic) bond motifs is 1. The summed E-state index contributed by atoms with van der Waals surface area (Å²) in [6, 6.07) is 15.5. The summed E-state index contributed by atoms with van der Waals surface area (Å²) in [5.41, 5.74) is 2.56. The van der Waals surface area contributed by atoms with Crippen LogP contribution in [0.25, 0.3) is 0 Å². The summed E-state index contributed by atoms with van der Waals surface area (Å²) < 4.78 is 32.2. The highest BCUT2D eigenvalue weighted by Crippen LogP contribution is 2.38. The van der Waals surface area contributed by atoms with E-state index in [0.29, 0.717) is 11.4 Å². The Hall–Kier alpha value is -2.54. The summed E-state index contributed by atoms with van der Waals surface area (Å²) in [4.78, 5) is 12.9. The molecule has 2 aromatic carbocycles. The Morgan fingerprint density at radius 2 is 1.87 bits per heavy atom. The first-order valence-corrected chi connectivity index (χ1v) is 12.4. The van der Waals surface area contributed by atoms with Crippen molar-refractivity contribution < 1.29 is 17.9 Å². The minimum Gasteiger partial charge on any atom is -0.476 e. The van der Waals surface area contributed by atoms with Crippen molar-refractivity contribution in [1.29, 1.82) is 0 Å². The van der Waals surface area contributed by atoms with Gasteiger partial charge >= 0.3 is 0 Å². The highest BCUT2D eigenvalue weighted by molar-refractivity contribution is 7.92. The first-order chi connectivity index (χ1) is 14.4. The lowest BCUT2D eigenvalue weighted by Crippen LogP contribution is -2.52. The molecule has 0 fully saturated rings. The molecule has 6 nitrogen and oxygen atoms in total. The predicted octanol–water partition coefficient (Wildman–Crippen LogP) is 3.65. The third-order valence-corrected chi connectivity index (χ3v) is 6.63. The van der Waals surface area contributed by atoms with Crippen LogP contribution in [0.3, 0.4) is 0 Å². The summed E-state index contributed by atoms with van der Waals surface area (Å²) in [7, 11) is -3.57. The van der Waals surface area contributed by atoms with Gasteiger partial charge in [-0.2, -0.15) is 0 Å². The molecule has 2 atom stereocenters. The summed E-state index contributed by atoms with van der Waals surface area (Å²) in [5.74, 6) is 0.0986. The Kier molecular flexibility index (Phi) is 6.65. The third kappa shape index (κ3) is 5.79. The first kappa shape index (κ1) is 23.1. The molecule has 0 radical (unpaired) electrons. The molecular formula is C24H32N2O4S. The largest absolute Gasteiger partial charge is 0.476 e. The van der Waals surface area contributed by atoms with Gasteiger partial charge in [-0.3, -0.25) is 9.10 Å². The molecule has 0 spiro atoms. The Bertz CT molecular complexity index is 1030. The van der Waals surface area contributed by atoms with Crippen molar-refractivity contribution in [2.75, 3.05) is 17.1 Å². The molecule has 1 aliphatic heterocycles. The zero-order valence-corrected chi connectivity index (χ0v) is 19.7. The van der Waals surface area contributed by atoms with E-state index in [9.17, 15) is 13.2 Å². The van der Waals surface area contributed by atoms with Crippen LogP contribution in [0.1, 0.15) is 45.2 Å². The standard InChI is InChI=1S/C24H32N2O4S/c1-17(11-12-18-9-7-6-8-10-18)25-23(27)22-16-26(31(5,28)29)20-15-19(24(2,3)4)13-14-21(20)30-22/h6-10,13-15,17,22H,11-12,16H2,1-5H3,(H,25,27). The van der Waals surface area contributed by atoms with Gasteiger partial charge in [-0.05, 0) is 48.4 Å². The van der Waals surface area contributed by atoms with E-state index in [0.717, 1.165) is 24.7 Å². The van der Waals surface area contributed by atoms with Crippen molar-refractivity contribution in [2.24, 2.45) is 0 Å². The maximum Gasteiger partial charge on any atom is 0.263 e. The lowest BCUT2D eigenvalue weighted by atomic mass is 9.86. The van der Waals surface area contributed by atoms with Crippen LogP contribution < -0.4 is 14.4 Å². The maximum absolute atomic E-state index is 12.9. The number of carbonyl (C=O) groups is 1. The molecule has 31 heavy (non-hydrogen) atoms. The van der Waals surface area contributed by atoms with Crippen molar-refractivity contribution in [3.63, 3.8) is 0 Å². The Labute approximate surface area is 185 Å². The highest BCUT2D eigenvalue weighted by atomic mass is 32.2. The van der Waals surface area contributed by atoms with E-state index in [1.165, 1.54) is 9.87 Å². The summed E-state index contributed by atoms with van der Waals surface area (Å²) in [5, 5.41) is 2.97. The SMILES string of the molecule is CC(CCc1ccccc1)NC(=O)C1CN(S(C)(=O)=O)c2cc(C(C)(C)C)ccc2O1. The molecule has 0 saturated heterocycles. The van der Waals surface area contributed by atoms with Crippen LogP contribution in [-0.2, 0) is 26.7 Å². The van der Waals surface area contributed by atoms with Crippen LogP contribution in [0.15, 0.2) is 48.5 Å². The Morgan fingerprint density at radius 3 is 2.48 bits per heavy atom. The van der Waals surface area contributed by atoms with Crippen molar-refractivity contribution >= 4 is 21.6 Å². The zero-order valence-electron chi connectivity index (χ0n) is 18.9. The molecule has 2 unspecified atom stereocenters. The van der Waals surface area contributed by atoms with E-state index >= 15 is 0 Å². The summed E-state index contributed by atoms with van der Waals surface area (Å²) in [6.45, 7) is 8.10. The number of rotatable bonds is 6. The number of nitrogens with zero attached hydrogens (tertiary/aromatic N) is 1. The molecule has 0 saturated carbocycles. The fourth-order valence-electron chi connectivity index (χ4n) is 3.60. The summed E-state index contributed by atoms with van der Waals surface area (Å²) >= 11 is 0. The highest BCUT2D eigenvalue weighted by Gasteiger charge is 2.36. The van der Waals surface area contributed by atoms with Gasteiger partial charge in [0.15, 0.2) is 6.10 Å². The second-order valence-electron chi connectivity index (χ2n) is 9.27. The molecular weight excluding hydrogens is 412 g/mol. The van der Waals surface area contributed by atoms with Crippen molar-refractivity contribution in [2.45, 2.75) is 58.1 Å². The normalized spacial score (nSPS) is 17.5. The minimum absolute atomic E-state index is 0.0450. The number of nitrogens with one attached hydrogen (secondary N) is 1. The number of aryl methyl sites for hydroxylation is 1. The van der Waals surface area contributed by atoms with Gasteiger partial charge in [0.25, 0.3) is 5.91 Å². The quantitative estimate of drug-likeness (QED) is 0.738. The van der Waals surface area contributed by atoms with Crippen LogP contribution in [0.5, 0.6) is 5.75 Å². The van der Waals surface area contributed by atoms with E-state index in [1.54, 1.807) is 6.07 Å². The smallest absolute Gasteiger partial charge is 0.263 e. The van der Waals surface area contributed by atoms with E-state index in [-0.39, 0.29) is 23.9 Å². The van der Waals surface area contributed by atoms with Crippen LogP contribution >= 0.6 is 0 Å². The number of anilines is 1. The van der Waals surface area contributed by atoms with Crippen molar-refractivity contribution in [1.82, 2.24) is 5.32 Å². The van der Waals surface area contributed by atoms with Gasteiger partial charge in [-0.1, -0.05) is 57.2 Å². The Morgan fingerprint density at radius 1 is 1.19 bits per heavy atom. The monoisotopic (exact) mass is 444 g/mol. The number of hydrogen-bond donors (Lipinski definition) is 1. The molecule has 7 heteroatoms. The van der Waals surface area contributed by atoms with E-state index in [2.05, 4.69) is 38.2 Å². The zero-order chi connectivity index (χ0) is 22.8. The molecule has 0 aliphatic carbocycles. The van der Waals surface area contributed by atoms with Crippen LogP contribution in [0.4, 0.5) is 5.69 Å². The maximum atomic E-state index is 12.9. The molecule has 2 aromatic rings. The van der Waals surface area contributed by atoms with Gasteiger partial charge < -0.3 is 10.1 Å². The number of hydrogen-bond acceptors (Lipinski definition) is 4. The van der Waals surface area contributed by atoms with E-state index < -0.39 is 16.1 Å². The average molecular weight is 445 g/mol. The molecule has 1 N–H and O–H groups in total. The van der Waals surface area contributed by atoms with Crippen LogP contribution in [0.2, 0.25) is 0 Å². The lowest BCUT2D eigenvalue weighted by molar-refractivity contribution is -0.128. The molecule has 1 aliphatic rings.